The Morgan fingerprint density at radius 3 is 2.43 bits per heavy atom. The number of carbonyl (C=O) groups is 3. The van der Waals surface area contributed by atoms with Gasteiger partial charge in [-0.1, -0.05) is 24.3 Å². The number of thioether (sulfide) groups is 1. The maximum atomic E-state index is 12.8. The molecule has 1 aliphatic heterocycles. The van der Waals surface area contributed by atoms with Crippen LogP contribution in [0.1, 0.15) is 16.1 Å². The van der Waals surface area contributed by atoms with E-state index in [4.69, 9.17) is 14.2 Å². The Labute approximate surface area is 206 Å². The summed E-state index contributed by atoms with van der Waals surface area (Å²) in [5.41, 5.74) is 1.59. The quantitative estimate of drug-likeness (QED) is 0.473. The normalized spacial score (nSPS) is 14.5. The van der Waals surface area contributed by atoms with Crippen LogP contribution in [0.2, 0.25) is 0 Å². The Morgan fingerprint density at radius 1 is 1.03 bits per heavy atom. The first-order valence-electron chi connectivity index (χ1n) is 10.6. The minimum Gasteiger partial charge on any atom is -0.493 e. The molecule has 4 rings (SSSR count). The fourth-order valence-electron chi connectivity index (χ4n) is 3.59. The number of imide groups is 1. The molecule has 9 nitrogen and oxygen atoms in total. The van der Waals surface area contributed by atoms with Gasteiger partial charge in [0.15, 0.2) is 11.5 Å². The third kappa shape index (κ3) is 5.07. The van der Waals surface area contributed by atoms with E-state index in [9.17, 15) is 14.4 Å². The maximum absolute atomic E-state index is 12.8. The van der Waals surface area contributed by atoms with E-state index >= 15 is 0 Å². The molecule has 2 aromatic carbocycles. The molecule has 3 amide bonds. The third-order valence-corrected chi connectivity index (χ3v) is 6.22. The van der Waals surface area contributed by atoms with Gasteiger partial charge >= 0.3 is 0 Å². The van der Waals surface area contributed by atoms with Gasteiger partial charge in [-0.25, -0.2) is 4.98 Å². The summed E-state index contributed by atoms with van der Waals surface area (Å²) in [6.07, 6.45) is 1.59. The van der Waals surface area contributed by atoms with Crippen LogP contribution in [0.3, 0.4) is 0 Å². The van der Waals surface area contributed by atoms with E-state index in [0.717, 1.165) is 22.0 Å². The Hall–Kier alpha value is -4.05. The minimum absolute atomic E-state index is 0.0383. The number of carbonyl (C=O) groups excluding carboxylic acids is 3. The van der Waals surface area contributed by atoms with Crippen molar-refractivity contribution in [3.63, 3.8) is 0 Å². The molecule has 0 atom stereocenters. The van der Waals surface area contributed by atoms with Gasteiger partial charge in [0, 0.05) is 18.5 Å². The fourth-order valence-corrected chi connectivity index (χ4v) is 4.46. The van der Waals surface area contributed by atoms with Crippen LogP contribution >= 0.6 is 11.8 Å². The van der Waals surface area contributed by atoms with Crippen LogP contribution in [0.15, 0.2) is 53.4 Å². The van der Waals surface area contributed by atoms with Crippen molar-refractivity contribution in [2.24, 2.45) is 0 Å². The van der Waals surface area contributed by atoms with Crippen LogP contribution in [-0.4, -0.2) is 61.4 Å². The van der Waals surface area contributed by atoms with Crippen molar-refractivity contribution in [2.75, 3.05) is 34.4 Å². The standard InChI is InChI=1S/C25H23N3O6S/c1-32-19-12-15(13-20(33-2)22(19)34-3)14-21-24(30)28(25(31)35-21)11-10-26-23(29)18-9-8-16-6-4-5-7-17(16)27-18/h4-9,12-14H,10-11H2,1-3H3,(H,26,29). The summed E-state index contributed by atoms with van der Waals surface area (Å²) in [4.78, 5) is 43.5. The summed E-state index contributed by atoms with van der Waals surface area (Å²) < 4.78 is 16.0. The number of aromatic nitrogens is 1. The molecule has 0 spiro atoms. The molecule has 1 saturated heterocycles. The number of amides is 3. The number of fused-ring (bicyclic) bond motifs is 1. The Balaban J connectivity index is 1.42. The second-order valence-electron chi connectivity index (χ2n) is 7.44. The van der Waals surface area contributed by atoms with Gasteiger partial charge in [0.2, 0.25) is 5.75 Å². The first kappa shape index (κ1) is 24.1. The summed E-state index contributed by atoms with van der Waals surface area (Å²) in [5, 5.41) is 3.24. The second-order valence-corrected chi connectivity index (χ2v) is 8.43. The van der Waals surface area contributed by atoms with Crippen molar-refractivity contribution in [3.8, 4) is 17.2 Å². The smallest absolute Gasteiger partial charge is 0.293 e. The molecule has 35 heavy (non-hydrogen) atoms. The van der Waals surface area contributed by atoms with Crippen molar-refractivity contribution in [3.05, 3.63) is 64.7 Å². The first-order valence-corrected chi connectivity index (χ1v) is 11.5. The number of nitrogens with zero attached hydrogens (tertiary/aromatic N) is 2. The van der Waals surface area contributed by atoms with Crippen molar-refractivity contribution in [1.29, 1.82) is 0 Å². The van der Waals surface area contributed by atoms with Crippen LogP contribution in [-0.2, 0) is 4.79 Å². The molecule has 1 aromatic heterocycles. The Morgan fingerprint density at radius 2 is 1.74 bits per heavy atom. The summed E-state index contributed by atoms with van der Waals surface area (Å²) in [6.45, 7) is 0.138. The molecule has 1 N–H and O–H groups in total. The number of hydrogen-bond donors (Lipinski definition) is 1. The van der Waals surface area contributed by atoms with Gasteiger partial charge in [0.25, 0.3) is 17.1 Å². The maximum Gasteiger partial charge on any atom is 0.293 e. The highest BCUT2D eigenvalue weighted by Crippen LogP contribution is 2.40. The molecule has 0 radical (unpaired) electrons. The molecule has 180 valence electrons. The van der Waals surface area contributed by atoms with Gasteiger partial charge in [-0.15, -0.1) is 0 Å². The summed E-state index contributed by atoms with van der Waals surface area (Å²) in [6, 6.07) is 14.3. The van der Waals surface area contributed by atoms with E-state index in [1.165, 1.54) is 21.3 Å². The number of pyridine rings is 1. The van der Waals surface area contributed by atoms with Gasteiger partial charge in [-0.2, -0.15) is 0 Å². The number of methoxy groups -OCH3 is 3. The van der Waals surface area contributed by atoms with E-state index in [1.54, 1.807) is 24.3 Å². The number of ether oxygens (including phenoxy) is 3. The summed E-state index contributed by atoms with van der Waals surface area (Å²) in [5.74, 6) is 0.476. The first-order chi connectivity index (χ1) is 16.9. The zero-order valence-corrected chi connectivity index (χ0v) is 20.2. The number of benzene rings is 2. The van der Waals surface area contributed by atoms with Gasteiger partial charge < -0.3 is 19.5 Å². The van der Waals surface area contributed by atoms with Crippen LogP contribution in [0.25, 0.3) is 17.0 Å². The Bertz CT molecular complexity index is 1310. The largest absolute Gasteiger partial charge is 0.493 e. The number of para-hydroxylation sites is 1. The molecule has 0 saturated carbocycles. The minimum atomic E-state index is -0.438. The second kappa shape index (κ2) is 10.5. The zero-order chi connectivity index (χ0) is 24.9. The lowest BCUT2D eigenvalue weighted by Crippen LogP contribution is -2.37. The lowest BCUT2D eigenvalue weighted by Gasteiger charge is -2.13. The summed E-state index contributed by atoms with van der Waals surface area (Å²) in [7, 11) is 4.49. The molecule has 1 fully saturated rings. The van der Waals surface area contributed by atoms with Crippen LogP contribution in [0.4, 0.5) is 4.79 Å². The van der Waals surface area contributed by atoms with Gasteiger partial charge in [-0.05, 0) is 47.7 Å². The average molecular weight is 494 g/mol. The lowest BCUT2D eigenvalue weighted by molar-refractivity contribution is -0.122. The van der Waals surface area contributed by atoms with E-state index in [0.29, 0.717) is 28.3 Å². The number of nitrogens with one attached hydrogen (secondary N) is 1. The van der Waals surface area contributed by atoms with Crippen LogP contribution in [0.5, 0.6) is 17.2 Å². The highest BCUT2D eigenvalue weighted by Gasteiger charge is 2.34. The highest BCUT2D eigenvalue weighted by molar-refractivity contribution is 8.18. The van der Waals surface area contributed by atoms with Crippen molar-refractivity contribution < 1.29 is 28.6 Å². The zero-order valence-electron chi connectivity index (χ0n) is 19.4. The van der Waals surface area contributed by atoms with Crippen LogP contribution < -0.4 is 19.5 Å². The van der Waals surface area contributed by atoms with Crippen molar-refractivity contribution >= 4 is 45.8 Å². The van der Waals surface area contributed by atoms with Gasteiger partial charge in [-0.3, -0.25) is 19.3 Å². The van der Waals surface area contributed by atoms with E-state index in [1.807, 2.05) is 30.3 Å². The molecular formula is C25H23N3O6S. The summed E-state index contributed by atoms with van der Waals surface area (Å²) >= 11 is 0.831. The molecule has 0 bridgehead atoms. The predicted molar refractivity (Wildman–Crippen MR) is 133 cm³/mol. The lowest BCUT2D eigenvalue weighted by atomic mass is 10.1. The van der Waals surface area contributed by atoms with Crippen molar-refractivity contribution in [1.82, 2.24) is 15.2 Å². The fraction of sp³-hybridized carbons (Fsp3) is 0.200. The van der Waals surface area contributed by atoms with Crippen LogP contribution in [0, 0.1) is 0 Å². The molecular weight excluding hydrogens is 470 g/mol. The van der Waals surface area contributed by atoms with E-state index in [2.05, 4.69) is 10.3 Å². The molecule has 2 heterocycles. The highest BCUT2D eigenvalue weighted by atomic mass is 32.2. The van der Waals surface area contributed by atoms with Gasteiger partial charge in [0.05, 0.1) is 31.8 Å². The molecule has 0 aliphatic carbocycles. The molecule has 1 aliphatic rings. The number of hydrogen-bond acceptors (Lipinski definition) is 8. The molecule has 3 aromatic rings. The SMILES string of the molecule is COc1cc(C=C2SC(=O)N(CCNC(=O)c3ccc4ccccc4n3)C2=O)cc(OC)c1OC. The number of rotatable bonds is 8. The van der Waals surface area contributed by atoms with E-state index in [-0.39, 0.29) is 29.6 Å². The third-order valence-electron chi connectivity index (χ3n) is 5.31. The van der Waals surface area contributed by atoms with Crippen molar-refractivity contribution in [2.45, 2.75) is 0 Å². The van der Waals surface area contributed by atoms with Gasteiger partial charge in [0.1, 0.15) is 5.69 Å². The van der Waals surface area contributed by atoms with E-state index < -0.39 is 11.1 Å². The predicted octanol–water partition coefficient (Wildman–Crippen LogP) is 3.73. The molecule has 0 unspecified atom stereocenters. The Kier molecular flexibility index (Phi) is 7.21. The molecule has 10 heteroatoms. The topological polar surface area (TPSA) is 107 Å². The average Bonchev–Trinajstić information content (AvgIpc) is 3.14. The monoisotopic (exact) mass is 493 g/mol.